The number of ether oxygens (including phenoxy) is 1. The van der Waals surface area contributed by atoms with E-state index in [1.54, 1.807) is 0 Å². The van der Waals surface area contributed by atoms with E-state index in [4.69, 9.17) is 13.8 Å². The monoisotopic (exact) mass is 865 g/mol. The first-order chi connectivity index (χ1) is 27.7. The highest BCUT2D eigenvalue weighted by Gasteiger charge is 2.47. The molecule has 0 spiro atoms. The summed E-state index contributed by atoms with van der Waals surface area (Å²) in [6.45, 7) is 26.0. The minimum Gasteiger partial charge on any atom is -0.485 e. The van der Waals surface area contributed by atoms with E-state index in [9.17, 15) is 24.7 Å². The lowest BCUT2D eigenvalue weighted by atomic mass is 9.69. The second-order valence-corrected chi connectivity index (χ2v) is 21.5. The Kier molecular flexibility index (Phi) is 23.0. The molecule has 340 valence electrons. The van der Waals surface area contributed by atoms with Crippen LogP contribution in [0.15, 0.2) is 36.4 Å². The number of hydrogen-bond donors (Lipinski definition) is 5. The van der Waals surface area contributed by atoms with Gasteiger partial charge in [0, 0.05) is 5.56 Å². The molecule has 10 heteroatoms. The fourth-order valence-corrected chi connectivity index (χ4v) is 9.33. The van der Waals surface area contributed by atoms with Crippen molar-refractivity contribution in [3.8, 4) is 5.75 Å². The third-order valence-electron chi connectivity index (χ3n) is 13.0. The third-order valence-corrected chi connectivity index (χ3v) is 13.7. The van der Waals surface area contributed by atoms with Gasteiger partial charge >= 0.3 is 17.2 Å². The van der Waals surface area contributed by atoms with Crippen molar-refractivity contribution in [2.75, 3.05) is 19.8 Å². The number of rotatable bonds is 31. The SMILES string of the molecule is CCCCCC(C)(C)c1ccc(OC(c2ccc(C(C)(C)CCCCC)cc2C(C)(C)CCCCC)C(CO)(COP(O)O)COP(O)O)c(C(C)(C)CCCCC)c1. The molecule has 5 N–H and O–H groups in total. The van der Waals surface area contributed by atoms with E-state index in [0.717, 1.165) is 107 Å². The Morgan fingerprint density at radius 2 is 0.881 bits per heavy atom. The summed E-state index contributed by atoms with van der Waals surface area (Å²) >= 11 is 0. The van der Waals surface area contributed by atoms with Gasteiger partial charge in [0.25, 0.3) is 0 Å². The van der Waals surface area contributed by atoms with Crippen molar-refractivity contribution in [1.29, 1.82) is 0 Å². The predicted molar refractivity (Wildman–Crippen MR) is 249 cm³/mol. The standard InChI is InChI=1S/C49H86O8P2/c1-13-17-21-29-45(5,6)38-25-27-40(41(33-38)47(9,10)31-23-19-15-3)44(49(35-50,36-55-58(51)52)37-56-59(53)54)57-43-28-26-39(46(7,8)30-22-18-14-2)34-42(43)48(11,12)32-24-20-16-4/h25-28,33-34,44,50-54H,13-24,29-32,35-37H2,1-12H3. The molecule has 0 amide bonds. The van der Waals surface area contributed by atoms with Crippen LogP contribution in [0.5, 0.6) is 5.75 Å². The number of hydrogen-bond acceptors (Lipinski definition) is 8. The van der Waals surface area contributed by atoms with Gasteiger partial charge in [-0.1, -0.05) is 190 Å². The van der Waals surface area contributed by atoms with Gasteiger partial charge < -0.3 is 38.5 Å². The van der Waals surface area contributed by atoms with Gasteiger partial charge in [-0.25, -0.2) is 0 Å². The van der Waals surface area contributed by atoms with Crippen molar-refractivity contribution in [2.24, 2.45) is 5.41 Å². The van der Waals surface area contributed by atoms with E-state index in [1.165, 1.54) is 24.0 Å². The van der Waals surface area contributed by atoms with E-state index in [-0.39, 0.29) is 34.9 Å². The van der Waals surface area contributed by atoms with Crippen molar-refractivity contribution < 1.29 is 38.5 Å². The maximum atomic E-state index is 11.6. The van der Waals surface area contributed by atoms with Gasteiger partial charge in [0.1, 0.15) is 11.9 Å². The summed E-state index contributed by atoms with van der Waals surface area (Å²) in [5, 5.41) is 11.6. The number of benzene rings is 2. The maximum absolute atomic E-state index is 11.6. The fraction of sp³-hybridized carbons (Fsp3) is 0.755. The van der Waals surface area contributed by atoms with Gasteiger partial charge in [-0.2, -0.15) is 0 Å². The normalized spacial score (nSPS) is 13.8. The molecule has 1 unspecified atom stereocenters. The number of unbranched alkanes of at least 4 members (excludes halogenated alkanes) is 8. The fourth-order valence-electron chi connectivity index (χ4n) is 8.59. The van der Waals surface area contributed by atoms with Crippen LogP contribution in [0.4, 0.5) is 0 Å². The van der Waals surface area contributed by atoms with Crippen molar-refractivity contribution in [2.45, 2.75) is 214 Å². The van der Waals surface area contributed by atoms with E-state index in [0.29, 0.717) is 5.75 Å². The molecule has 8 nitrogen and oxygen atoms in total. The molecule has 2 aromatic rings. The summed E-state index contributed by atoms with van der Waals surface area (Å²) in [7, 11) is -5.64. The molecule has 2 aromatic carbocycles. The van der Waals surface area contributed by atoms with E-state index < -0.39 is 35.3 Å². The van der Waals surface area contributed by atoms with Gasteiger partial charge in [0.2, 0.25) is 0 Å². The van der Waals surface area contributed by atoms with Gasteiger partial charge in [-0.15, -0.1) is 0 Å². The lowest BCUT2D eigenvalue weighted by Gasteiger charge is -2.43. The molecule has 0 radical (unpaired) electrons. The summed E-state index contributed by atoms with van der Waals surface area (Å²) < 4.78 is 18.6. The minimum atomic E-state index is -2.82. The lowest BCUT2D eigenvalue weighted by Crippen LogP contribution is -2.45. The molecule has 0 aliphatic carbocycles. The number of aliphatic hydroxyl groups is 1. The Hall–Kier alpha value is -1.18. The summed E-state index contributed by atoms with van der Waals surface area (Å²) in [5.41, 5.74) is 3.24. The summed E-state index contributed by atoms with van der Waals surface area (Å²) in [4.78, 5) is 40.5. The highest BCUT2D eigenvalue weighted by atomic mass is 31.2. The zero-order valence-electron chi connectivity index (χ0n) is 39.3. The Bertz CT molecular complexity index is 1480. The first kappa shape index (κ1) is 54.0. The molecule has 0 aromatic heterocycles. The molecule has 1 atom stereocenters. The van der Waals surface area contributed by atoms with Crippen LogP contribution in [0.3, 0.4) is 0 Å². The molecular formula is C49H86O8P2. The lowest BCUT2D eigenvalue weighted by molar-refractivity contribution is -0.0665. The van der Waals surface area contributed by atoms with Crippen LogP contribution >= 0.6 is 17.2 Å². The molecule has 0 bridgehead atoms. The maximum Gasteiger partial charge on any atom is 0.327 e. The Morgan fingerprint density at radius 1 is 0.508 bits per heavy atom. The molecule has 0 saturated carbocycles. The van der Waals surface area contributed by atoms with E-state index in [2.05, 4.69) is 119 Å². The van der Waals surface area contributed by atoms with Gasteiger partial charge in [0.05, 0.1) is 25.2 Å². The van der Waals surface area contributed by atoms with Crippen LogP contribution in [0, 0.1) is 5.41 Å². The minimum absolute atomic E-state index is 0.0633. The molecule has 0 aliphatic rings. The average Bonchev–Trinajstić information content (AvgIpc) is 3.17. The van der Waals surface area contributed by atoms with Crippen molar-refractivity contribution in [3.05, 3.63) is 64.2 Å². The van der Waals surface area contributed by atoms with Crippen LogP contribution in [-0.4, -0.2) is 44.5 Å². The Morgan fingerprint density at radius 3 is 1.27 bits per heavy atom. The highest BCUT2D eigenvalue weighted by Crippen LogP contribution is 2.50. The third kappa shape index (κ3) is 16.5. The summed E-state index contributed by atoms with van der Waals surface area (Å²) in [6.07, 6.45) is 16.5. The zero-order valence-corrected chi connectivity index (χ0v) is 41.1. The molecule has 59 heavy (non-hydrogen) atoms. The highest BCUT2D eigenvalue weighted by molar-refractivity contribution is 7.39. The average molecular weight is 865 g/mol. The van der Waals surface area contributed by atoms with Gasteiger partial charge in [0.15, 0.2) is 0 Å². The molecule has 0 heterocycles. The smallest absolute Gasteiger partial charge is 0.327 e. The van der Waals surface area contributed by atoms with Gasteiger partial charge in [-0.3, -0.25) is 0 Å². The predicted octanol–water partition coefficient (Wildman–Crippen LogP) is 13.7. The van der Waals surface area contributed by atoms with Crippen LogP contribution in [0.1, 0.15) is 220 Å². The first-order valence-corrected chi connectivity index (χ1v) is 25.2. The van der Waals surface area contributed by atoms with Crippen molar-refractivity contribution in [3.63, 3.8) is 0 Å². The molecule has 2 rings (SSSR count). The topological polar surface area (TPSA) is 129 Å². The van der Waals surface area contributed by atoms with Crippen LogP contribution in [-0.2, 0) is 30.7 Å². The van der Waals surface area contributed by atoms with Crippen LogP contribution < -0.4 is 4.74 Å². The van der Waals surface area contributed by atoms with Gasteiger partial charge in [-0.05, 0) is 75.7 Å². The molecule has 0 fully saturated rings. The van der Waals surface area contributed by atoms with Crippen LogP contribution in [0.25, 0.3) is 0 Å². The quantitative estimate of drug-likeness (QED) is 0.0374. The zero-order chi connectivity index (χ0) is 44.5. The molecule has 0 saturated heterocycles. The van der Waals surface area contributed by atoms with E-state index >= 15 is 0 Å². The molecule has 0 aliphatic heterocycles. The second-order valence-electron chi connectivity index (χ2n) is 19.9. The largest absolute Gasteiger partial charge is 0.485 e. The first-order valence-electron chi connectivity index (χ1n) is 22.9. The Labute approximate surface area is 363 Å². The summed E-state index contributed by atoms with van der Waals surface area (Å²) in [6, 6.07) is 13.2. The molecular weight excluding hydrogens is 778 g/mol. The summed E-state index contributed by atoms with van der Waals surface area (Å²) in [5.74, 6) is 0.673. The second kappa shape index (κ2) is 25.2. The van der Waals surface area contributed by atoms with Crippen LogP contribution in [0.2, 0.25) is 0 Å². The Balaban J connectivity index is 3.11. The number of aliphatic hydroxyl groups excluding tert-OH is 1. The van der Waals surface area contributed by atoms with E-state index in [1.807, 2.05) is 0 Å². The van der Waals surface area contributed by atoms with Crippen molar-refractivity contribution in [1.82, 2.24) is 0 Å². The van der Waals surface area contributed by atoms with Crippen molar-refractivity contribution >= 4 is 17.2 Å².